The molecule has 2 aliphatic rings. The van der Waals surface area contributed by atoms with Crippen LogP contribution in [0.1, 0.15) is 50.0 Å². The van der Waals surface area contributed by atoms with Gasteiger partial charge in [0.25, 0.3) is 0 Å². The van der Waals surface area contributed by atoms with E-state index >= 15 is 0 Å². The van der Waals surface area contributed by atoms with Gasteiger partial charge in [-0.25, -0.2) is 0 Å². The molecule has 2 aliphatic heterocycles. The van der Waals surface area contributed by atoms with Crippen molar-refractivity contribution in [2.45, 2.75) is 63.7 Å². The van der Waals surface area contributed by atoms with Crippen molar-refractivity contribution in [2.75, 3.05) is 0 Å². The minimum atomic E-state index is 0.365. The number of hydrogen-bond donors (Lipinski definition) is 1. The summed E-state index contributed by atoms with van der Waals surface area (Å²) >= 11 is 0. The Labute approximate surface area is 109 Å². The van der Waals surface area contributed by atoms with Crippen LogP contribution in [-0.4, -0.2) is 33.0 Å². The van der Waals surface area contributed by atoms with E-state index in [1.807, 2.05) is 0 Å². The molecule has 3 heterocycles. The van der Waals surface area contributed by atoms with Crippen LogP contribution >= 0.6 is 0 Å². The third kappa shape index (κ3) is 1.93. The first-order chi connectivity index (χ1) is 8.66. The summed E-state index contributed by atoms with van der Waals surface area (Å²) in [5, 5.41) is 0. The van der Waals surface area contributed by atoms with Gasteiger partial charge >= 0.3 is 0 Å². The van der Waals surface area contributed by atoms with Crippen LogP contribution in [0.25, 0.3) is 0 Å². The summed E-state index contributed by atoms with van der Waals surface area (Å²) in [5.74, 6) is 0. The van der Waals surface area contributed by atoms with Crippen LogP contribution in [0.4, 0.5) is 0 Å². The molecule has 1 aromatic rings. The maximum atomic E-state index is 6.13. The number of nitrogens with two attached hydrogens (primary N) is 1. The third-order valence-corrected chi connectivity index (χ3v) is 4.59. The molecule has 0 aromatic carbocycles. The lowest BCUT2D eigenvalue weighted by atomic mass is 9.95. The summed E-state index contributed by atoms with van der Waals surface area (Å²) in [7, 11) is 0. The van der Waals surface area contributed by atoms with Crippen LogP contribution < -0.4 is 5.73 Å². The summed E-state index contributed by atoms with van der Waals surface area (Å²) in [4.78, 5) is 11.5. The first kappa shape index (κ1) is 12.1. The van der Waals surface area contributed by atoms with Gasteiger partial charge in [-0.1, -0.05) is 0 Å². The first-order valence-corrected chi connectivity index (χ1v) is 6.97. The molecule has 1 aromatic heterocycles. The highest BCUT2D eigenvalue weighted by atomic mass is 15.3. The molecule has 0 radical (unpaired) electrons. The first-order valence-electron chi connectivity index (χ1n) is 6.97. The van der Waals surface area contributed by atoms with E-state index in [0.717, 1.165) is 24.2 Å². The van der Waals surface area contributed by atoms with Gasteiger partial charge in [0.2, 0.25) is 0 Å². The molecule has 3 rings (SSSR count). The largest absolute Gasteiger partial charge is 0.328 e. The molecule has 4 nitrogen and oxygen atoms in total. The normalized spacial score (nSPS) is 33.6. The highest BCUT2D eigenvalue weighted by Gasteiger charge is 2.42. The van der Waals surface area contributed by atoms with E-state index < -0.39 is 0 Å². The van der Waals surface area contributed by atoms with Crippen molar-refractivity contribution < 1.29 is 0 Å². The molecule has 2 bridgehead atoms. The van der Waals surface area contributed by atoms with Crippen molar-refractivity contribution in [3.05, 3.63) is 23.8 Å². The van der Waals surface area contributed by atoms with Gasteiger partial charge in [0.15, 0.2) is 0 Å². The van der Waals surface area contributed by atoms with Gasteiger partial charge in [-0.3, -0.25) is 14.9 Å². The van der Waals surface area contributed by atoms with Crippen LogP contribution in [0, 0.1) is 6.92 Å². The molecular formula is C14H22N4. The SMILES string of the molecule is Cc1nccnc1C(C)N1C2CCC1CC(N)C2. The average molecular weight is 246 g/mol. The van der Waals surface area contributed by atoms with Crippen molar-refractivity contribution in [1.82, 2.24) is 14.9 Å². The van der Waals surface area contributed by atoms with E-state index in [1.165, 1.54) is 12.8 Å². The van der Waals surface area contributed by atoms with E-state index in [-0.39, 0.29) is 0 Å². The van der Waals surface area contributed by atoms with Crippen molar-refractivity contribution >= 4 is 0 Å². The zero-order valence-electron chi connectivity index (χ0n) is 11.2. The van der Waals surface area contributed by atoms with E-state index in [1.54, 1.807) is 12.4 Å². The monoisotopic (exact) mass is 246 g/mol. The van der Waals surface area contributed by atoms with Gasteiger partial charge in [0.1, 0.15) is 0 Å². The highest BCUT2D eigenvalue weighted by molar-refractivity contribution is 5.15. The fraction of sp³-hybridized carbons (Fsp3) is 0.714. The smallest absolute Gasteiger partial charge is 0.0784 e. The lowest BCUT2D eigenvalue weighted by Crippen LogP contribution is -2.48. The van der Waals surface area contributed by atoms with Crippen molar-refractivity contribution in [3.8, 4) is 0 Å². The van der Waals surface area contributed by atoms with E-state index in [0.29, 0.717) is 24.2 Å². The van der Waals surface area contributed by atoms with Crippen LogP contribution in [-0.2, 0) is 0 Å². The summed E-state index contributed by atoms with van der Waals surface area (Å²) in [6, 6.07) is 2.06. The third-order valence-electron chi connectivity index (χ3n) is 4.59. The van der Waals surface area contributed by atoms with E-state index in [2.05, 4.69) is 28.7 Å². The van der Waals surface area contributed by atoms with Gasteiger partial charge in [-0.05, 0) is 39.5 Å². The molecule has 3 atom stereocenters. The fourth-order valence-electron chi connectivity index (χ4n) is 3.86. The zero-order chi connectivity index (χ0) is 12.7. The van der Waals surface area contributed by atoms with Crippen molar-refractivity contribution in [1.29, 1.82) is 0 Å². The molecule has 0 amide bonds. The van der Waals surface area contributed by atoms with Crippen LogP contribution in [0.15, 0.2) is 12.4 Å². The Bertz CT molecular complexity index is 420. The highest BCUT2D eigenvalue weighted by Crippen LogP contribution is 2.40. The molecule has 0 aliphatic carbocycles. The molecule has 2 saturated heterocycles. The second kappa shape index (κ2) is 4.59. The summed E-state index contributed by atoms with van der Waals surface area (Å²) in [5.41, 5.74) is 8.32. The number of hydrogen-bond acceptors (Lipinski definition) is 4. The Morgan fingerprint density at radius 1 is 1.22 bits per heavy atom. The summed E-state index contributed by atoms with van der Waals surface area (Å²) < 4.78 is 0. The summed E-state index contributed by atoms with van der Waals surface area (Å²) in [6.45, 7) is 4.32. The second-order valence-corrected chi connectivity index (χ2v) is 5.77. The van der Waals surface area contributed by atoms with Gasteiger partial charge in [0.05, 0.1) is 17.4 Å². The van der Waals surface area contributed by atoms with Gasteiger partial charge in [-0.2, -0.15) is 0 Å². The molecule has 0 spiro atoms. The number of fused-ring (bicyclic) bond motifs is 2. The number of aryl methyl sites for hydroxylation is 1. The number of nitrogens with zero attached hydrogens (tertiary/aromatic N) is 3. The topological polar surface area (TPSA) is 55.0 Å². The predicted molar refractivity (Wildman–Crippen MR) is 71.0 cm³/mol. The predicted octanol–water partition coefficient (Wildman–Crippen LogP) is 1.80. The van der Waals surface area contributed by atoms with Crippen molar-refractivity contribution in [3.63, 3.8) is 0 Å². The maximum absolute atomic E-state index is 6.13. The van der Waals surface area contributed by atoms with E-state index in [9.17, 15) is 0 Å². The average Bonchev–Trinajstić information content (AvgIpc) is 2.61. The molecule has 2 N–H and O–H groups in total. The van der Waals surface area contributed by atoms with E-state index in [4.69, 9.17) is 5.73 Å². The van der Waals surface area contributed by atoms with Gasteiger partial charge < -0.3 is 5.73 Å². The van der Waals surface area contributed by atoms with Crippen molar-refractivity contribution in [2.24, 2.45) is 5.73 Å². The quantitative estimate of drug-likeness (QED) is 0.864. The Balaban J connectivity index is 1.86. The van der Waals surface area contributed by atoms with Crippen LogP contribution in [0.2, 0.25) is 0 Å². The van der Waals surface area contributed by atoms with Gasteiger partial charge in [0, 0.05) is 30.5 Å². The van der Waals surface area contributed by atoms with Crippen LogP contribution in [0.5, 0.6) is 0 Å². The lowest BCUT2D eigenvalue weighted by Gasteiger charge is -2.41. The lowest BCUT2D eigenvalue weighted by molar-refractivity contribution is 0.0829. The Kier molecular flexibility index (Phi) is 3.08. The number of aromatic nitrogens is 2. The Morgan fingerprint density at radius 2 is 1.83 bits per heavy atom. The number of rotatable bonds is 2. The Hall–Kier alpha value is -1.00. The van der Waals surface area contributed by atoms with Gasteiger partial charge in [-0.15, -0.1) is 0 Å². The fourth-order valence-corrected chi connectivity index (χ4v) is 3.86. The molecule has 2 fully saturated rings. The maximum Gasteiger partial charge on any atom is 0.0784 e. The molecule has 18 heavy (non-hydrogen) atoms. The van der Waals surface area contributed by atoms with Crippen LogP contribution in [0.3, 0.4) is 0 Å². The Morgan fingerprint density at radius 3 is 2.44 bits per heavy atom. The minimum absolute atomic E-state index is 0.365. The molecule has 3 unspecified atom stereocenters. The zero-order valence-corrected chi connectivity index (χ0v) is 11.2. The molecular weight excluding hydrogens is 224 g/mol. The summed E-state index contributed by atoms with van der Waals surface area (Å²) in [6.07, 6.45) is 8.44. The molecule has 4 heteroatoms. The minimum Gasteiger partial charge on any atom is -0.328 e. The molecule has 0 saturated carbocycles. The number of piperidine rings is 1. The standard InChI is InChI=1S/C14H22N4/c1-9-14(17-6-5-16-9)10(2)18-12-3-4-13(18)8-11(15)7-12/h5-6,10-13H,3-4,7-8,15H2,1-2H3. The molecule has 98 valence electrons. The second-order valence-electron chi connectivity index (χ2n) is 5.77.